The summed E-state index contributed by atoms with van der Waals surface area (Å²) in [5, 5.41) is 1.89. The highest BCUT2D eigenvalue weighted by Gasteiger charge is 2.26. The number of carbonyl (C=O) groups excluding carboxylic acids is 2. The monoisotopic (exact) mass is 587 g/mol. The highest BCUT2D eigenvalue weighted by atomic mass is 32.1. The van der Waals surface area contributed by atoms with Crippen molar-refractivity contribution in [3.05, 3.63) is 70.3 Å². The summed E-state index contributed by atoms with van der Waals surface area (Å²) in [6.07, 6.45) is -1.35. The van der Waals surface area contributed by atoms with Gasteiger partial charge in [0.25, 0.3) is 0 Å². The molecule has 3 rings (SSSR count). The standard InChI is InChI=1S/C29H35F2N5O4S/c1-28(2,3)39-26(37)34-24(32)36(27(38)40-29(4,5)6)17-7-16-35-23(19-8-10-20(30)11-9-19)18-41-25(35)33-22-14-12-21(31)13-15-22/h8-15,18H,7,16-17H2,1-6H3,(H2,32,34,37). The van der Waals surface area contributed by atoms with E-state index in [9.17, 15) is 18.4 Å². The highest BCUT2D eigenvalue weighted by molar-refractivity contribution is 7.07. The molecule has 0 saturated heterocycles. The zero-order chi connectivity index (χ0) is 30.4. The molecule has 0 aliphatic carbocycles. The molecular weight excluding hydrogens is 552 g/mol. The van der Waals surface area contributed by atoms with Crippen molar-refractivity contribution in [3.8, 4) is 11.3 Å². The quantitative estimate of drug-likeness (QED) is 0.258. The Kier molecular flexibility index (Phi) is 10.0. The van der Waals surface area contributed by atoms with E-state index in [1.807, 2.05) is 9.95 Å². The molecule has 220 valence electrons. The van der Waals surface area contributed by atoms with Crippen LogP contribution in [0.3, 0.4) is 0 Å². The molecule has 1 heterocycles. The van der Waals surface area contributed by atoms with Gasteiger partial charge in [-0.1, -0.05) is 0 Å². The molecule has 3 aromatic rings. The number of thiazole rings is 1. The van der Waals surface area contributed by atoms with Gasteiger partial charge in [-0.05, 0) is 102 Å². The summed E-state index contributed by atoms with van der Waals surface area (Å²) in [6.45, 7) is 10.6. The van der Waals surface area contributed by atoms with Crippen molar-refractivity contribution < 1.29 is 27.8 Å². The van der Waals surface area contributed by atoms with Gasteiger partial charge in [-0.25, -0.2) is 28.3 Å². The zero-order valence-electron chi connectivity index (χ0n) is 24.0. The predicted octanol–water partition coefficient (Wildman–Crippen LogP) is 6.60. The Hall–Kier alpha value is -4.06. The van der Waals surface area contributed by atoms with Crippen LogP contribution in [0, 0.1) is 11.6 Å². The first kappa shape index (κ1) is 31.5. The Morgan fingerprint density at radius 1 is 0.927 bits per heavy atom. The van der Waals surface area contributed by atoms with Crippen LogP contribution in [0.1, 0.15) is 48.0 Å². The topological polar surface area (TPSA) is 112 Å². The summed E-state index contributed by atoms with van der Waals surface area (Å²) in [6, 6.07) is 11.8. The Balaban J connectivity index is 1.92. The second kappa shape index (κ2) is 13.1. The Morgan fingerprint density at radius 3 is 2.05 bits per heavy atom. The number of amides is 2. The summed E-state index contributed by atoms with van der Waals surface area (Å²) in [5.41, 5.74) is 6.55. The molecule has 2 amide bonds. The van der Waals surface area contributed by atoms with Crippen molar-refractivity contribution in [2.45, 2.75) is 65.7 Å². The van der Waals surface area contributed by atoms with Crippen LogP contribution in [0.5, 0.6) is 0 Å². The molecule has 0 unspecified atom stereocenters. The maximum absolute atomic E-state index is 13.6. The van der Waals surface area contributed by atoms with Gasteiger partial charge in [-0.2, -0.15) is 0 Å². The van der Waals surface area contributed by atoms with E-state index in [2.05, 4.69) is 9.98 Å². The van der Waals surface area contributed by atoms with Crippen molar-refractivity contribution >= 4 is 35.2 Å². The number of nitrogens with zero attached hydrogens (tertiary/aromatic N) is 4. The zero-order valence-corrected chi connectivity index (χ0v) is 24.8. The van der Waals surface area contributed by atoms with Crippen molar-refractivity contribution in [3.63, 3.8) is 0 Å². The second-order valence-electron chi connectivity index (χ2n) is 11.1. The van der Waals surface area contributed by atoms with Crippen LogP contribution >= 0.6 is 11.3 Å². The minimum absolute atomic E-state index is 0.0503. The SMILES string of the molecule is CC(C)(C)OC(=O)N=C(N)N(CCCn1c(-c2ccc(F)cc2)csc1=Nc1ccc(F)cc1)C(=O)OC(C)(C)C. The third kappa shape index (κ3) is 9.82. The van der Waals surface area contributed by atoms with Crippen molar-refractivity contribution in [2.75, 3.05) is 6.54 Å². The van der Waals surface area contributed by atoms with Gasteiger partial charge in [0.1, 0.15) is 22.8 Å². The van der Waals surface area contributed by atoms with Crippen LogP contribution in [0.15, 0.2) is 63.9 Å². The highest BCUT2D eigenvalue weighted by Crippen LogP contribution is 2.22. The van der Waals surface area contributed by atoms with Crippen LogP contribution in [-0.4, -0.2) is 45.4 Å². The normalized spacial score (nSPS) is 12.8. The van der Waals surface area contributed by atoms with Crippen LogP contribution in [0.25, 0.3) is 11.3 Å². The van der Waals surface area contributed by atoms with E-state index >= 15 is 0 Å². The summed E-state index contributed by atoms with van der Waals surface area (Å²) in [4.78, 5) is 35.4. The number of aliphatic imine (C=N–C) groups is 1. The molecule has 0 saturated carbocycles. The molecule has 2 aromatic carbocycles. The van der Waals surface area contributed by atoms with Crippen LogP contribution < -0.4 is 10.5 Å². The van der Waals surface area contributed by atoms with Crippen LogP contribution in [-0.2, 0) is 16.0 Å². The van der Waals surface area contributed by atoms with Gasteiger partial charge in [0.2, 0.25) is 5.96 Å². The molecule has 0 fully saturated rings. The number of nitrogens with two attached hydrogens (primary N) is 1. The Bertz CT molecular complexity index is 1450. The van der Waals surface area contributed by atoms with E-state index in [4.69, 9.17) is 15.2 Å². The van der Waals surface area contributed by atoms with Gasteiger partial charge in [-0.15, -0.1) is 16.3 Å². The van der Waals surface area contributed by atoms with Gasteiger partial charge >= 0.3 is 12.2 Å². The maximum atomic E-state index is 13.6. The van der Waals surface area contributed by atoms with E-state index < -0.39 is 23.4 Å². The summed E-state index contributed by atoms with van der Waals surface area (Å²) in [5.74, 6) is -1.10. The average Bonchev–Trinajstić information content (AvgIpc) is 3.23. The Morgan fingerprint density at radius 2 is 1.49 bits per heavy atom. The van der Waals surface area contributed by atoms with Gasteiger partial charge < -0.3 is 19.8 Å². The minimum Gasteiger partial charge on any atom is -0.443 e. The van der Waals surface area contributed by atoms with Crippen LogP contribution in [0.4, 0.5) is 24.1 Å². The molecule has 0 spiro atoms. The molecule has 0 aliphatic heterocycles. The molecule has 41 heavy (non-hydrogen) atoms. The van der Waals surface area contributed by atoms with E-state index in [0.29, 0.717) is 23.5 Å². The van der Waals surface area contributed by atoms with E-state index in [1.165, 1.54) is 35.6 Å². The molecule has 0 atom stereocenters. The molecule has 12 heteroatoms. The van der Waals surface area contributed by atoms with E-state index in [0.717, 1.165) is 16.2 Å². The number of ether oxygens (including phenoxy) is 2. The van der Waals surface area contributed by atoms with Gasteiger partial charge in [0.05, 0.1) is 11.4 Å². The number of benzene rings is 2. The molecular formula is C29H35F2N5O4S. The van der Waals surface area contributed by atoms with Crippen molar-refractivity contribution in [1.82, 2.24) is 9.47 Å². The van der Waals surface area contributed by atoms with Gasteiger partial charge in [-0.3, -0.25) is 0 Å². The first-order valence-electron chi connectivity index (χ1n) is 12.9. The third-order valence-electron chi connectivity index (χ3n) is 5.24. The number of carbonyl (C=O) groups is 2. The predicted molar refractivity (Wildman–Crippen MR) is 155 cm³/mol. The molecule has 9 nitrogen and oxygen atoms in total. The van der Waals surface area contributed by atoms with Gasteiger partial charge in [0, 0.05) is 18.5 Å². The number of aromatic nitrogens is 1. The molecule has 2 N–H and O–H groups in total. The molecule has 0 aliphatic rings. The number of halogens is 2. The fourth-order valence-corrected chi connectivity index (χ4v) is 4.51. The number of hydrogen-bond donors (Lipinski definition) is 1. The van der Waals surface area contributed by atoms with Crippen LogP contribution in [0.2, 0.25) is 0 Å². The molecule has 0 bridgehead atoms. The minimum atomic E-state index is -0.935. The maximum Gasteiger partial charge on any atom is 0.437 e. The second-order valence-corrected chi connectivity index (χ2v) is 11.9. The number of hydrogen-bond acceptors (Lipinski definition) is 6. The largest absolute Gasteiger partial charge is 0.443 e. The fourth-order valence-electron chi connectivity index (χ4n) is 3.55. The van der Waals surface area contributed by atoms with Crippen molar-refractivity contribution in [1.29, 1.82) is 0 Å². The first-order chi connectivity index (χ1) is 19.1. The lowest BCUT2D eigenvalue weighted by molar-refractivity contribution is 0.0364. The average molecular weight is 588 g/mol. The molecule has 1 aromatic heterocycles. The third-order valence-corrected chi connectivity index (χ3v) is 6.11. The smallest absolute Gasteiger partial charge is 0.437 e. The Labute approximate surface area is 241 Å². The number of rotatable bonds is 6. The summed E-state index contributed by atoms with van der Waals surface area (Å²) >= 11 is 1.36. The van der Waals surface area contributed by atoms with E-state index in [-0.39, 0.29) is 24.1 Å². The first-order valence-corrected chi connectivity index (χ1v) is 13.8. The molecule has 0 radical (unpaired) electrons. The van der Waals surface area contributed by atoms with Crippen molar-refractivity contribution in [2.24, 2.45) is 15.7 Å². The van der Waals surface area contributed by atoms with Gasteiger partial charge in [0.15, 0.2) is 4.80 Å². The summed E-state index contributed by atoms with van der Waals surface area (Å²) < 4.78 is 39.7. The number of guanidine groups is 1. The fraction of sp³-hybridized carbons (Fsp3) is 0.379. The lowest BCUT2D eigenvalue weighted by Crippen LogP contribution is -2.46. The van der Waals surface area contributed by atoms with E-state index in [1.54, 1.807) is 65.8 Å². The lowest BCUT2D eigenvalue weighted by Gasteiger charge is -2.27. The summed E-state index contributed by atoms with van der Waals surface area (Å²) in [7, 11) is 0. The lowest BCUT2D eigenvalue weighted by atomic mass is 10.1.